The standard InChI is InChI=1S/C20H27N7O3S/c21-9-4-7-14(24-18(29)15-11-22-16-8-1-2-10-27(15)16)17(28)23-13-6-3-5-12(13)19-25-26-20(31)30-19/h1-2,8,10-14,20,26,31H,3-7,9,21H2,(H,23,28)(H,24,29)/t12-,13+,14+,20?/m1/s1. The monoisotopic (exact) mass is 445 g/mol. The molecule has 0 saturated heterocycles. The SMILES string of the molecule is NCCC[C@H](NC(=O)c1cnc2ccccn12)C(=O)N[C@H]1CCC[C@H]1C1=NNC(S)O1. The van der Waals surface area contributed by atoms with E-state index in [1.165, 1.54) is 6.20 Å². The largest absolute Gasteiger partial charge is 0.445 e. The number of hydrogen-bond acceptors (Lipinski definition) is 8. The number of fused-ring (bicyclic) bond motifs is 1. The summed E-state index contributed by atoms with van der Waals surface area (Å²) in [6.07, 6.45) is 6.97. The van der Waals surface area contributed by atoms with Gasteiger partial charge in [-0.15, -0.1) is 17.7 Å². The van der Waals surface area contributed by atoms with Crippen LogP contribution in [0.1, 0.15) is 42.6 Å². The van der Waals surface area contributed by atoms with Crippen molar-refractivity contribution in [2.75, 3.05) is 6.54 Å². The fourth-order valence-electron chi connectivity index (χ4n) is 4.09. The molecule has 1 unspecified atom stereocenters. The number of carbonyl (C=O) groups excluding carboxylic acids is 2. The minimum Gasteiger partial charge on any atom is -0.445 e. The second-order valence-electron chi connectivity index (χ2n) is 7.73. The van der Waals surface area contributed by atoms with Gasteiger partial charge in [-0.05, 0) is 44.4 Å². The smallest absolute Gasteiger partial charge is 0.270 e. The number of hydrogen-bond donors (Lipinski definition) is 5. The van der Waals surface area contributed by atoms with Crippen molar-refractivity contribution in [3.8, 4) is 0 Å². The lowest BCUT2D eigenvalue weighted by molar-refractivity contribution is -0.124. The lowest BCUT2D eigenvalue weighted by Crippen LogP contribution is -2.51. The molecule has 1 fully saturated rings. The number of amides is 2. The van der Waals surface area contributed by atoms with Gasteiger partial charge in [-0.1, -0.05) is 12.5 Å². The van der Waals surface area contributed by atoms with Gasteiger partial charge in [-0.3, -0.25) is 19.4 Å². The molecule has 10 nitrogen and oxygen atoms in total. The summed E-state index contributed by atoms with van der Waals surface area (Å²) in [6, 6.07) is 4.67. The van der Waals surface area contributed by atoms with E-state index in [2.05, 4.69) is 38.8 Å². The molecule has 4 atom stereocenters. The molecule has 0 spiro atoms. The van der Waals surface area contributed by atoms with Crippen molar-refractivity contribution in [3.05, 3.63) is 36.3 Å². The highest BCUT2D eigenvalue weighted by atomic mass is 32.1. The molecule has 3 heterocycles. The number of nitrogens with two attached hydrogens (primary N) is 1. The molecule has 0 radical (unpaired) electrons. The summed E-state index contributed by atoms with van der Waals surface area (Å²) in [4.78, 5) is 30.2. The summed E-state index contributed by atoms with van der Waals surface area (Å²) in [7, 11) is 0. The number of nitrogens with one attached hydrogen (secondary N) is 3. The van der Waals surface area contributed by atoms with E-state index in [4.69, 9.17) is 10.5 Å². The summed E-state index contributed by atoms with van der Waals surface area (Å²) in [5, 5.41) is 10.1. The average molecular weight is 446 g/mol. The Morgan fingerprint density at radius 1 is 1.39 bits per heavy atom. The number of rotatable bonds is 8. The number of pyridine rings is 1. The van der Waals surface area contributed by atoms with E-state index in [9.17, 15) is 9.59 Å². The van der Waals surface area contributed by atoms with Gasteiger partial charge in [0, 0.05) is 12.2 Å². The van der Waals surface area contributed by atoms with Gasteiger partial charge in [0.25, 0.3) is 5.91 Å². The van der Waals surface area contributed by atoms with Gasteiger partial charge in [0.05, 0.1) is 12.1 Å². The molecular formula is C20H27N7O3S. The highest BCUT2D eigenvalue weighted by Crippen LogP contribution is 2.29. The first kappa shape index (κ1) is 21.4. The normalized spacial score (nSPS) is 23.7. The third-order valence-electron chi connectivity index (χ3n) is 5.65. The summed E-state index contributed by atoms with van der Waals surface area (Å²) in [6.45, 7) is 0.432. The number of hydrazone groups is 1. The van der Waals surface area contributed by atoms with Crippen LogP contribution in [0.25, 0.3) is 5.65 Å². The zero-order chi connectivity index (χ0) is 21.8. The first-order valence-electron chi connectivity index (χ1n) is 10.5. The van der Waals surface area contributed by atoms with Gasteiger partial charge in [0.2, 0.25) is 17.4 Å². The van der Waals surface area contributed by atoms with Crippen LogP contribution in [0.3, 0.4) is 0 Å². The minimum atomic E-state index is -0.700. The highest BCUT2D eigenvalue weighted by molar-refractivity contribution is 7.80. The second-order valence-corrected chi connectivity index (χ2v) is 8.20. The van der Waals surface area contributed by atoms with Crippen molar-refractivity contribution in [1.82, 2.24) is 25.4 Å². The maximum Gasteiger partial charge on any atom is 0.270 e. The number of imidazole rings is 1. The van der Waals surface area contributed by atoms with Crippen molar-refractivity contribution in [3.63, 3.8) is 0 Å². The highest BCUT2D eigenvalue weighted by Gasteiger charge is 2.37. The number of thiol groups is 1. The Balaban J connectivity index is 1.44. The Kier molecular flexibility index (Phi) is 6.62. The molecule has 2 aromatic rings. The molecular weight excluding hydrogens is 418 g/mol. The maximum absolute atomic E-state index is 13.1. The Morgan fingerprint density at radius 3 is 3.03 bits per heavy atom. The lowest BCUT2D eigenvalue weighted by atomic mass is 10.0. The molecule has 1 saturated carbocycles. The molecule has 0 aromatic carbocycles. The van der Waals surface area contributed by atoms with Crippen LogP contribution in [0.2, 0.25) is 0 Å². The fourth-order valence-corrected chi connectivity index (χ4v) is 4.26. The molecule has 2 aromatic heterocycles. The maximum atomic E-state index is 13.1. The quantitative estimate of drug-likeness (QED) is 0.378. The van der Waals surface area contributed by atoms with Crippen molar-refractivity contribution in [1.29, 1.82) is 0 Å². The van der Waals surface area contributed by atoms with Crippen LogP contribution in [0.5, 0.6) is 0 Å². The molecule has 2 aliphatic rings. The van der Waals surface area contributed by atoms with Gasteiger partial charge in [-0.2, -0.15) is 0 Å². The summed E-state index contributed by atoms with van der Waals surface area (Å²) >= 11 is 4.21. The van der Waals surface area contributed by atoms with Crippen molar-refractivity contribution >= 4 is 36.0 Å². The predicted molar refractivity (Wildman–Crippen MR) is 118 cm³/mol. The van der Waals surface area contributed by atoms with Crippen LogP contribution < -0.4 is 21.8 Å². The second kappa shape index (κ2) is 9.56. The van der Waals surface area contributed by atoms with E-state index in [1.807, 2.05) is 18.2 Å². The van der Waals surface area contributed by atoms with Crippen LogP contribution in [0, 0.1) is 5.92 Å². The van der Waals surface area contributed by atoms with Crippen molar-refractivity contribution < 1.29 is 14.3 Å². The van der Waals surface area contributed by atoms with Crippen molar-refractivity contribution in [2.45, 2.75) is 49.7 Å². The molecule has 11 heteroatoms. The van der Waals surface area contributed by atoms with Gasteiger partial charge in [0.1, 0.15) is 17.4 Å². The zero-order valence-corrected chi connectivity index (χ0v) is 17.9. The third-order valence-corrected chi connectivity index (χ3v) is 5.87. The number of nitrogens with zero attached hydrogens (tertiary/aromatic N) is 3. The summed E-state index contributed by atoms with van der Waals surface area (Å²) in [5.74, 6) is -0.0414. The first-order valence-corrected chi connectivity index (χ1v) is 11.0. The Morgan fingerprint density at radius 2 is 2.26 bits per heavy atom. The van der Waals surface area contributed by atoms with E-state index < -0.39 is 11.6 Å². The molecule has 0 bridgehead atoms. The summed E-state index contributed by atoms with van der Waals surface area (Å²) in [5.41, 5.74) is 8.99. The van der Waals surface area contributed by atoms with Crippen LogP contribution in [0.4, 0.5) is 0 Å². The molecule has 166 valence electrons. The molecule has 1 aliphatic heterocycles. The topological polar surface area (TPSA) is 135 Å². The van der Waals surface area contributed by atoms with Crippen LogP contribution in [0.15, 0.2) is 35.7 Å². The Hall–Kier alpha value is -2.79. The molecule has 2 amide bonds. The molecule has 31 heavy (non-hydrogen) atoms. The molecule has 1 aliphatic carbocycles. The van der Waals surface area contributed by atoms with Crippen LogP contribution in [-0.2, 0) is 9.53 Å². The van der Waals surface area contributed by atoms with E-state index in [0.29, 0.717) is 36.6 Å². The number of carbonyl (C=O) groups is 2. The minimum absolute atomic E-state index is 0.0155. The van der Waals surface area contributed by atoms with Crippen LogP contribution >= 0.6 is 12.6 Å². The molecule has 5 N–H and O–H groups in total. The fraction of sp³-hybridized carbons (Fsp3) is 0.500. The lowest BCUT2D eigenvalue weighted by Gasteiger charge is -2.24. The van der Waals surface area contributed by atoms with E-state index in [-0.39, 0.29) is 23.8 Å². The number of aromatic nitrogens is 2. The zero-order valence-electron chi connectivity index (χ0n) is 17.0. The first-order chi connectivity index (χ1) is 15.1. The van der Waals surface area contributed by atoms with E-state index in [0.717, 1.165) is 19.3 Å². The van der Waals surface area contributed by atoms with Crippen LogP contribution in [-0.4, -0.2) is 51.3 Å². The predicted octanol–water partition coefficient (Wildman–Crippen LogP) is 0.603. The molecule has 4 rings (SSSR count). The van der Waals surface area contributed by atoms with Gasteiger partial charge >= 0.3 is 0 Å². The van der Waals surface area contributed by atoms with E-state index in [1.54, 1.807) is 10.6 Å². The third kappa shape index (κ3) is 4.77. The Bertz CT molecular complexity index is 979. The van der Waals surface area contributed by atoms with Gasteiger partial charge < -0.3 is 21.1 Å². The Labute approximate surface area is 185 Å². The van der Waals surface area contributed by atoms with Gasteiger partial charge in [0.15, 0.2) is 0 Å². The average Bonchev–Trinajstić information content (AvgIpc) is 3.50. The van der Waals surface area contributed by atoms with E-state index >= 15 is 0 Å². The number of ether oxygens (including phenoxy) is 1. The summed E-state index contributed by atoms with van der Waals surface area (Å²) < 4.78 is 7.28. The van der Waals surface area contributed by atoms with Gasteiger partial charge in [-0.25, -0.2) is 4.98 Å². The van der Waals surface area contributed by atoms with Crippen molar-refractivity contribution in [2.24, 2.45) is 16.8 Å².